The van der Waals surface area contributed by atoms with Crippen LogP contribution in [0, 0.1) is 12.8 Å². The molecule has 2 N–H and O–H groups in total. The molecule has 2 aromatic rings. The minimum atomic E-state index is -0.946. The molecule has 0 saturated carbocycles. The number of carbonyl (C=O) groups is 2. The van der Waals surface area contributed by atoms with Crippen molar-refractivity contribution in [3.63, 3.8) is 0 Å². The maximum absolute atomic E-state index is 12.1. The monoisotopic (exact) mass is 476 g/mol. The highest BCUT2D eigenvalue weighted by atomic mass is 35.5. The maximum Gasteiger partial charge on any atom is 0.338 e. The number of hydrogen-bond donors (Lipinski definition) is 2. The fraction of sp³-hybridized carbons (Fsp3) is 0.375. The summed E-state index contributed by atoms with van der Waals surface area (Å²) in [4.78, 5) is 25.7. The van der Waals surface area contributed by atoms with E-state index in [1.54, 1.807) is 48.2 Å². The predicted octanol–water partition coefficient (Wildman–Crippen LogP) is 5.52. The number of rotatable bonds is 9. The SMILES string of the molecule is CCOC(=O)c1ccc(CN(C(=S)Nc2ccc(Cl)c(C)c2)[C@@H](CC(C)C)C(=O)O)cc1. The van der Waals surface area contributed by atoms with E-state index in [1.807, 2.05) is 26.8 Å². The zero-order chi connectivity index (χ0) is 23.8. The molecular weight excluding hydrogens is 448 g/mol. The number of thiocarbonyl (C=S) groups is 1. The Hall–Kier alpha value is -2.64. The number of ether oxygens (including phenoxy) is 1. The van der Waals surface area contributed by atoms with Crippen LogP contribution in [0.25, 0.3) is 0 Å². The van der Waals surface area contributed by atoms with E-state index < -0.39 is 18.0 Å². The van der Waals surface area contributed by atoms with Crippen LogP contribution < -0.4 is 5.32 Å². The van der Waals surface area contributed by atoms with Crippen LogP contribution >= 0.6 is 23.8 Å². The van der Waals surface area contributed by atoms with Gasteiger partial charge < -0.3 is 20.1 Å². The van der Waals surface area contributed by atoms with Gasteiger partial charge in [0.1, 0.15) is 6.04 Å². The van der Waals surface area contributed by atoms with Crippen molar-refractivity contribution in [1.29, 1.82) is 0 Å². The zero-order valence-electron chi connectivity index (χ0n) is 18.7. The van der Waals surface area contributed by atoms with Crippen LogP contribution in [0.2, 0.25) is 5.02 Å². The van der Waals surface area contributed by atoms with Crippen LogP contribution in [0.5, 0.6) is 0 Å². The summed E-state index contributed by atoms with van der Waals surface area (Å²) in [6.45, 7) is 8.15. The van der Waals surface area contributed by atoms with Gasteiger partial charge in [-0.2, -0.15) is 0 Å². The lowest BCUT2D eigenvalue weighted by atomic mass is 10.0. The summed E-state index contributed by atoms with van der Waals surface area (Å²) < 4.78 is 5.02. The molecule has 32 heavy (non-hydrogen) atoms. The first kappa shape index (κ1) is 25.6. The lowest BCUT2D eigenvalue weighted by Gasteiger charge is -2.32. The van der Waals surface area contributed by atoms with Gasteiger partial charge in [-0.1, -0.05) is 37.6 Å². The molecule has 172 valence electrons. The van der Waals surface area contributed by atoms with Gasteiger partial charge in [-0.15, -0.1) is 0 Å². The molecule has 0 aliphatic carbocycles. The zero-order valence-corrected chi connectivity index (χ0v) is 20.3. The van der Waals surface area contributed by atoms with Gasteiger partial charge in [0, 0.05) is 17.3 Å². The Morgan fingerprint density at radius 1 is 1.19 bits per heavy atom. The number of benzene rings is 2. The fourth-order valence-corrected chi connectivity index (χ4v) is 3.63. The van der Waals surface area contributed by atoms with E-state index in [2.05, 4.69) is 5.32 Å². The van der Waals surface area contributed by atoms with Gasteiger partial charge in [0.25, 0.3) is 0 Å². The summed E-state index contributed by atoms with van der Waals surface area (Å²) in [7, 11) is 0. The number of nitrogens with zero attached hydrogens (tertiary/aromatic N) is 1. The molecule has 0 aliphatic rings. The van der Waals surface area contributed by atoms with Gasteiger partial charge in [-0.3, -0.25) is 0 Å². The normalized spacial score (nSPS) is 11.7. The molecule has 0 heterocycles. The van der Waals surface area contributed by atoms with E-state index in [-0.39, 0.29) is 12.5 Å². The van der Waals surface area contributed by atoms with Gasteiger partial charge in [-0.25, -0.2) is 9.59 Å². The van der Waals surface area contributed by atoms with Crippen molar-refractivity contribution in [1.82, 2.24) is 4.90 Å². The Morgan fingerprint density at radius 2 is 1.84 bits per heavy atom. The summed E-state index contributed by atoms with van der Waals surface area (Å²) in [5.74, 6) is -1.18. The number of carboxylic acids is 1. The number of anilines is 1. The average molecular weight is 477 g/mol. The van der Waals surface area contributed by atoms with E-state index in [4.69, 9.17) is 28.6 Å². The first-order valence-electron chi connectivity index (χ1n) is 10.4. The Kier molecular flexibility index (Phi) is 9.47. The molecular formula is C24H29ClN2O4S. The highest BCUT2D eigenvalue weighted by Crippen LogP contribution is 2.22. The number of carboxylic acid groups (broad SMARTS) is 1. The third-order valence-electron chi connectivity index (χ3n) is 4.84. The molecule has 0 aliphatic heterocycles. The van der Waals surface area contributed by atoms with Crippen LogP contribution in [0.1, 0.15) is 48.7 Å². The topological polar surface area (TPSA) is 78.9 Å². The highest BCUT2D eigenvalue weighted by molar-refractivity contribution is 7.80. The van der Waals surface area contributed by atoms with Crippen molar-refractivity contribution in [3.8, 4) is 0 Å². The minimum absolute atomic E-state index is 0.158. The summed E-state index contributed by atoms with van der Waals surface area (Å²) >= 11 is 11.7. The molecule has 0 spiro atoms. The number of hydrogen-bond acceptors (Lipinski definition) is 4. The van der Waals surface area contributed by atoms with Gasteiger partial charge in [0.05, 0.1) is 12.2 Å². The van der Waals surface area contributed by atoms with Gasteiger partial charge >= 0.3 is 11.9 Å². The Balaban J connectivity index is 2.30. The Labute approximate surface area is 199 Å². The van der Waals surface area contributed by atoms with E-state index in [0.29, 0.717) is 28.7 Å². The van der Waals surface area contributed by atoms with Gasteiger partial charge in [0.2, 0.25) is 0 Å². The Morgan fingerprint density at radius 3 is 2.38 bits per heavy atom. The second-order valence-corrected chi connectivity index (χ2v) is 8.72. The number of aliphatic carboxylic acids is 1. The number of esters is 1. The number of aryl methyl sites for hydroxylation is 1. The van der Waals surface area contributed by atoms with E-state index >= 15 is 0 Å². The molecule has 2 rings (SSSR count). The van der Waals surface area contributed by atoms with Crippen LogP contribution in [0.4, 0.5) is 5.69 Å². The van der Waals surface area contributed by atoms with Crippen LogP contribution in [0.3, 0.4) is 0 Å². The molecule has 1 atom stereocenters. The second-order valence-electron chi connectivity index (χ2n) is 7.92. The van der Waals surface area contributed by atoms with Crippen LogP contribution in [0.15, 0.2) is 42.5 Å². The molecule has 0 aromatic heterocycles. The van der Waals surface area contributed by atoms with E-state index in [1.165, 1.54) is 0 Å². The van der Waals surface area contributed by atoms with Crippen LogP contribution in [-0.4, -0.2) is 39.7 Å². The van der Waals surface area contributed by atoms with Crippen molar-refractivity contribution >= 4 is 46.6 Å². The highest BCUT2D eigenvalue weighted by Gasteiger charge is 2.29. The fourth-order valence-electron chi connectivity index (χ4n) is 3.21. The van der Waals surface area contributed by atoms with Crippen molar-refractivity contribution in [2.24, 2.45) is 5.92 Å². The summed E-state index contributed by atoms with van der Waals surface area (Å²) in [5, 5.41) is 14.0. The van der Waals surface area contributed by atoms with Crippen molar-refractivity contribution in [2.45, 2.75) is 46.7 Å². The first-order valence-corrected chi connectivity index (χ1v) is 11.2. The molecule has 0 unspecified atom stereocenters. The third-order valence-corrected chi connectivity index (χ3v) is 5.60. The van der Waals surface area contributed by atoms with Crippen molar-refractivity contribution in [3.05, 3.63) is 64.2 Å². The number of carbonyl (C=O) groups excluding carboxylic acids is 1. The van der Waals surface area contributed by atoms with Crippen molar-refractivity contribution < 1.29 is 19.4 Å². The first-order chi connectivity index (χ1) is 15.1. The van der Waals surface area contributed by atoms with E-state index in [9.17, 15) is 14.7 Å². The third kappa shape index (κ3) is 7.21. The quantitative estimate of drug-likeness (QED) is 0.364. The Bertz CT molecular complexity index is 963. The summed E-state index contributed by atoms with van der Waals surface area (Å²) in [6, 6.07) is 11.5. The largest absolute Gasteiger partial charge is 0.480 e. The molecule has 0 amide bonds. The maximum atomic E-state index is 12.1. The lowest BCUT2D eigenvalue weighted by molar-refractivity contribution is -0.142. The average Bonchev–Trinajstić information content (AvgIpc) is 2.73. The molecule has 0 bridgehead atoms. The van der Waals surface area contributed by atoms with E-state index in [0.717, 1.165) is 16.8 Å². The molecule has 0 fully saturated rings. The van der Waals surface area contributed by atoms with Crippen LogP contribution in [-0.2, 0) is 16.1 Å². The number of halogens is 1. The molecule has 8 heteroatoms. The summed E-state index contributed by atoms with van der Waals surface area (Å²) in [5.41, 5.74) is 2.88. The molecule has 6 nitrogen and oxygen atoms in total. The van der Waals surface area contributed by atoms with Gasteiger partial charge in [-0.05, 0) is 79.9 Å². The summed E-state index contributed by atoms with van der Waals surface area (Å²) in [6.07, 6.45) is 0.428. The lowest BCUT2D eigenvalue weighted by Crippen LogP contribution is -2.47. The molecule has 0 radical (unpaired) electrons. The molecule has 0 saturated heterocycles. The minimum Gasteiger partial charge on any atom is -0.480 e. The molecule has 2 aromatic carbocycles. The smallest absolute Gasteiger partial charge is 0.338 e. The second kappa shape index (κ2) is 11.8. The predicted molar refractivity (Wildman–Crippen MR) is 131 cm³/mol. The van der Waals surface area contributed by atoms with Crippen molar-refractivity contribution in [2.75, 3.05) is 11.9 Å². The standard InChI is InChI=1S/C24H29ClN2O4S/c1-5-31-23(30)18-8-6-17(7-9-18)14-27(21(22(28)29)12-15(2)3)24(32)26-19-10-11-20(25)16(4)13-19/h6-11,13,15,21H,5,12,14H2,1-4H3,(H,26,32)(H,28,29)/t21-/m0/s1. The number of nitrogens with one attached hydrogen (secondary N) is 1. The van der Waals surface area contributed by atoms with Gasteiger partial charge in [0.15, 0.2) is 5.11 Å².